The number of rotatable bonds is 4. The number of halogens is 1. The fourth-order valence-corrected chi connectivity index (χ4v) is 3.25. The van der Waals surface area contributed by atoms with Gasteiger partial charge >= 0.3 is 0 Å². The lowest BCUT2D eigenvalue weighted by molar-refractivity contribution is 0.148. The maximum absolute atomic E-state index is 9.84. The molecule has 1 aliphatic rings. The molecular weight excluding hydrogens is 296 g/mol. The van der Waals surface area contributed by atoms with Crippen LogP contribution in [0.2, 0.25) is 5.02 Å². The lowest BCUT2D eigenvalue weighted by Gasteiger charge is -2.07. The summed E-state index contributed by atoms with van der Waals surface area (Å²) in [4.78, 5) is 5.50. The largest absolute Gasteiger partial charge is 0.392 e. The Morgan fingerprint density at radius 2 is 2.10 bits per heavy atom. The average Bonchev–Trinajstić information content (AvgIpc) is 3.06. The van der Waals surface area contributed by atoms with Crippen LogP contribution in [-0.2, 0) is 5.75 Å². The van der Waals surface area contributed by atoms with E-state index in [-0.39, 0.29) is 12.0 Å². The normalized spacial score (nSPS) is 22.3. The van der Waals surface area contributed by atoms with Crippen LogP contribution in [0.1, 0.15) is 36.9 Å². The monoisotopic (exact) mass is 310 g/mol. The number of aromatic nitrogens is 2. The molecule has 0 spiro atoms. The predicted octanol–water partition coefficient (Wildman–Crippen LogP) is 3.64. The van der Waals surface area contributed by atoms with E-state index in [1.54, 1.807) is 11.8 Å². The van der Waals surface area contributed by atoms with E-state index in [2.05, 4.69) is 10.1 Å². The number of aliphatic hydroxyl groups excluding tert-OH is 1. The van der Waals surface area contributed by atoms with Gasteiger partial charge in [0, 0.05) is 9.92 Å². The van der Waals surface area contributed by atoms with Gasteiger partial charge in [-0.15, -0.1) is 11.8 Å². The number of thioether (sulfide) groups is 1. The van der Waals surface area contributed by atoms with Crippen molar-refractivity contribution in [2.45, 2.75) is 41.9 Å². The van der Waals surface area contributed by atoms with Crippen molar-refractivity contribution >= 4 is 23.4 Å². The van der Waals surface area contributed by atoms with Gasteiger partial charge in [0.05, 0.1) is 17.8 Å². The molecular formula is C14H15ClN2O2S. The Labute approximate surface area is 126 Å². The van der Waals surface area contributed by atoms with Crippen LogP contribution in [0, 0.1) is 0 Å². The maximum Gasteiger partial charge on any atom is 0.232 e. The summed E-state index contributed by atoms with van der Waals surface area (Å²) in [6.07, 6.45) is 2.42. The zero-order valence-electron chi connectivity index (χ0n) is 10.8. The predicted molar refractivity (Wildman–Crippen MR) is 77.9 cm³/mol. The summed E-state index contributed by atoms with van der Waals surface area (Å²) in [6, 6.07) is 7.66. The number of hydrogen-bond donors (Lipinski definition) is 1. The molecule has 1 fully saturated rings. The maximum atomic E-state index is 9.84. The Morgan fingerprint density at radius 3 is 2.80 bits per heavy atom. The minimum Gasteiger partial charge on any atom is -0.392 e. The number of benzene rings is 1. The number of nitrogens with zero attached hydrogens (tertiary/aromatic N) is 2. The van der Waals surface area contributed by atoms with Gasteiger partial charge in [-0.1, -0.05) is 16.8 Å². The molecule has 2 unspecified atom stereocenters. The van der Waals surface area contributed by atoms with Gasteiger partial charge in [0.2, 0.25) is 5.89 Å². The first-order chi connectivity index (χ1) is 9.72. The van der Waals surface area contributed by atoms with Crippen molar-refractivity contribution in [1.82, 2.24) is 10.1 Å². The summed E-state index contributed by atoms with van der Waals surface area (Å²) in [5, 5.41) is 14.6. The molecule has 1 aromatic carbocycles. The fraction of sp³-hybridized carbons (Fsp3) is 0.429. The molecule has 1 saturated carbocycles. The summed E-state index contributed by atoms with van der Waals surface area (Å²) >= 11 is 7.48. The van der Waals surface area contributed by atoms with Gasteiger partial charge < -0.3 is 9.63 Å². The van der Waals surface area contributed by atoms with Gasteiger partial charge in [0.25, 0.3) is 0 Å². The van der Waals surface area contributed by atoms with E-state index >= 15 is 0 Å². The van der Waals surface area contributed by atoms with Gasteiger partial charge in [0.1, 0.15) is 0 Å². The highest BCUT2D eigenvalue weighted by Gasteiger charge is 2.31. The van der Waals surface area contributed by atoms with Gasteiger partial charge in [-0.3, -0.25) is 0 Å². The number of hydrogen-bond acceptors (Lipinski definition) is 5. The summed E-state index contributed by atoms with van der Waals surface area (Å²) in [5.41, 5.74) is 0. The van der Waals surface area contributed by atoms with Crippen LogP contribution in [0.5, 0.6) is 0 Å². The molecule has 106 valence electrons. The van der Waals surface area contributed by atoms with E-state index in [1.165, 1.54) is 0 Å². The lowest BCUT2D eigenvalue weighted by Crippen LogP contribution is -2.11. The van der Waals surface area contributed by atoms with Crippen molar-refractivity contribution in [3.8, 4) is 0 Å². The summed E-state index contributed by atoms with van der Waals surface area (Å²) in [5.74, 6) is 1.89. The highest BCUT2D eigenvalue weighted by atomic mass is 35.5. The molecule has 0 saturated heterocycles. The fourth-order valence-electron chi connectivity index (χ4n) is 2.38. The van der Waals surface area contributed by atoms with E-state index in [9.17, 15) is 5.11 Å². The first-order valence-corrected chi connectivity index (χ1v) is 7.97. The molecule has 1 heterocycles. The van der Waals surface area contributed by atoms with Crippen molar-refractivity contribution in [2.75, 3.05) is 0 Å². The van der Waals surface area contributed by atoms with Crippen LogP contribution in [0.15, 0.2) is 33.7 Å². The van der Waals surface area contributed by atoms with E-state index in [0.717, 1.165) is 29.2 Å². The summed E-state index contributed by atoms with van der Waals surface area (Å²) < 4.78 is 5.27. The molecule has 4 nitrogen and oxygen atoms in total. The van der Waals surface area contributed by atoms with E-state index < -0.39 is 0 Å². The average molecular weight is 311 g/mol. The van der Waals surface area contributed by atoms with Crippen LogP contribution >= 0.6 is 23.4 Å². The van der Waals surface area contributed by atoms with Crippen molar-refractivity contribution in [2.24, 2.45) is 0 Å². The van der Waals surface area contributed by atoms with Crippen molar-refractivity contribution in [3.63, 3.8) is 0 Å². The second-order valence-corrected chi connectivity index (χ2v) is 6.38. The first kappa shape index (κ1) is 13.9. The van der Waals surface area contributed by atoms with Crippen molar-refractivity contribution in [1.29, 1.82) is 0 Å². The molecule has 0 amide bonds. The summed E-state index contributed by atoms with van der Waals surface area (Å²) in [6.45, 7) is 0. The SMILES string of the molecule is OC1CCCC1c1nc(CSc2ccc(Cl)cc2)no1. The lowest BCUT2D eigenvalue weighted by atomic mass is 10.1. The quantitative estimate of drug-likeness (QED) is 0.874. The topological polar surface area (TPSA) is 59.2 Å². The highest BCUT2D eigenvalue weighted by Crippen LogP contribution is 2.34. The summed E-state index contributed by atoms with van der Waals surface area (Å²) in [7, 11) is 0. The van der Waals surface area contributed by atoms with Gasteiger partial charge in [-0.05, 0) is 43.5 Å². The molecule has 1 aliphatic carbocycles. The molecule has 0 aliphatic heterocycles. The Bertz CT molecular complexity index is 573. The molecule has 0 bridgehead atoms. The van der Waals surface area contributed by atoms with E-state index in [0.29, 0.717) is 17.5 Å². The van der Waals surface area contributed by atoms with Crippen LogP contribution < -0.4 is 0 Å². The zero-order chi connectivity index (χ0) is 13.9. The standard InChI is InChI=1S/C14H15ClN2O2S/c15-9-4-6-10(7-5-9)20-8-13-16-14(19-17-13)11-2-1-3-12(11)18/h4-7,11-12,18H,1-3,8H2. The molecule has 6 heteroatoms. The minimum absolute atomic E-state index is 0.0109. The van der Waals surface area contributed by atoms with Crippen molar-refractivity contribution in [3.05, 3.63) is 41.0 Å². The van der Waals surface area contributed by atoms with Crippen LogP contribution in [0.4, 0.5) is 0 Å². The van der Waals surface area contributed by atoms with E-state index in [4.69, 9.17) is 16.1 Å². The third-order valence-electron chi connectivity index (χ3n) is 3.46. The minimum atomic E-state index is -0.341. The molecule has 2 atom stereocenters. The van der Waals surface area contributed by atoms with Gasteiger partial charge in [0.15, 0.2) is 5.82 Å². The Morgan fingerprint density at radius 1 is 1.30 bits per heavy atom. The first-order valence-electron chi connectivity index (χ1n) is 6.61. The molecule has 3 rings (SSSR count). The number of aliphatic hydroxyl groups is 1. The van der Waals surface area contributed by atoms with Crippen LogP contribution in [0.25, 0.3) is 0 Å². The Kier molecular flexibility index (Phi) is 4.29. The second-order valence-electron chi connectivity index (χ2n) is 4.90. The molecule has 1 N–H and O–H groups in total. The zero-order valence-corrected chi connectivity index (χ0v) is 12.4. The third kappa shape index (κ3) is 3.16. The van der Waals surface area contributed by atoms with Crippen LogP contribution in [0.3, 0.4) is 0 Å². The molecule has 20 heavy (non-hydrogen) atoms. The molecule has 1 aromatic heterocycles. The van der Waals surface area contributed by atoms with Gasteiger partial charge in [-0.2, -0.15) is 4.98 Å². The third-order valence-corrected chi connectivity index (χ3v) is 4.72. The van der Waals surface area contributed by atoms with Gasteiger partial charge in [-0.25, -0.2) is 0 Å². The Hall–Kier alpha value is -1.04. The van der Waals surface area contributed by atoms with Crippen LogP contribution in [-0.4, -0.2) is 21.4 Å². The Balaban J connectivity index is 1.61. The molecule has 0 radical (unpaired) electrons. The molecule has 2 aromatic rings. The second kappa shape index (κ2) is 6.16. The van der Waals surface area contributed by atoms with E-state index in [1.807, 2.05) is 24.3 Å². The smallest absolute Gasteiger partial charge is 0.232 e. The highest BCUT2D eigenvalue weighted by molar-refractivity contribution is 7.98. The van der Waals surface area contributed by atoms with Crippen molar-refractivity contribution < 1.29 is 9.63 Å².